The summed E-state index contributed by atoms with van der Waals surface area (Å²) in [6.45, 7) is 3.87. The van der Waals surface area contributed by atoms with Gasteiger partial charge in [-0.15, -0.1) is 6.58 Å². The lowest BCUT2D eigenvalue weighted by Gasteiger charge is -2.05. The fourth-order valence-corrected chi connectivity index (χ4v) is 1.35. The first-order valence-electron chi connectivity index (χ1n) is 4.66. The van der Waals surface area contributed by atoms with Crippen LogP contribution < -0.4 is 0 Å². The minimum absolute atomic E-state index is 0.231. The van der Waals surface area contributed by atoms with Gasteiger partial charge in [0.1, 0.15) is 0 Å². The quantitative estimate of drug-likeness (QED) is 0.428. The van der Waals surface area contributed by atoms with Gasteiger partial charge in [-0.05, 0) is 29.7 Å². The minimum atomic E-state index is 0.231. The Kier molecular flexibility index (Phi) is 4.61. The highest BCUT2D eigenvalue weighted by Gasteiger charge is 2.02. The zero-order valence-corrected chi connectivity index (χ0v) is 8.64. The molecular formula is C12H10N2O2. The van der Waals surface area contributed by atoms with E-state index < -0.39 is 0 Å². The Morgan fingerprint density at radius 1 is 1.25 bits per heavy atom. The molecule has 4 heteroatoms. The summed E-state index contributed by atoms with van der Waals surface area (Å²) in [7, 11) is 0. The van der Waals surface area contributed by atoms with Gasteiger partial charge in [-0.2, -0.15) is 4.99 Å². The molecule has 4 nitrogen and oxygen atoms in total. The van der Waals surface area contributed by atoms with E-state index in [0.29, 0.717) is 12.1 Å². The number of allylic oxidation sites excluding steroid dienone is 1. The average molecular weight is 214 g/mol. The highest BCUT2D eigenvalue weighted by atomic mass is 16.1. The van der Waals surface area contributed by atoms with Crippen LogP contribution in [0.3, 0.4) is 0 Å². The molecule has 0 aliphatic heterocycles. The first kappa shape index (κ1) is 11.8. The zero-order valence-electron chi connectivity index (χ0n) is 8.64. The fraction of sp³-hybridized carbons (Fsp3) is 0.167. The largest absolute Gasteiger partial charge is 0.240 e. The number of carbonyl (C=O) groups excluding carboxylic acids is 2. The lowest BCUT2D eigenvalue weighted by molar-refractivity contribution is 0.562. The molecule has 0 amide bonds. The average Bonchev–Trinajstić information content (AvgIpc) is 2.30. The maximum Gasteiger partial charge on any atom is 0.240 e. The van der Waals surface area contributed by atoms with Crippen molar-refractivity contribution < 1.29 is 9.59 Å². The van der Waals surface area contributed by atoms with Crippen molar-refractivity contribution in [2.24, 2.45) is 9.98 Å². The predicted octanol–water partition coefficient (Wildman–Crippen LogP) is 2.22. The molecule has 0 saturated carbocycles. The summed E-state index contributed by atoms with van der Waals surface area (Å²) >= 11 is 0. The van der Waals surface area contributed by atoms with E-state index in [1.54, 1.807) is 18.2 Å². The van der Waals surface area contributed by atoms with Gasteiger partial charge in [-0.3, -0.25) is 0 Å². The Morgan fingerprint density at radius 2 is 2.06 bits per heavy atom. The standard InChI is InChI=1S/C12H10N2O2/c1-2-3-10-4-5-12(14-9-16)6-11(10)7-13-8-15/h2,4-6H,1,3,7H2. The molecule has 0 spiro atoms. The van der Waals surface area contributed by atoms with E-state index in [9.17, 15) is 9.59 Å². The van der Waals surface area contributed by atoms with Crippen LogP contribution in [0.1, 0.15) is 11.1 Å². The van der Waals surface area contributed by atoms with E-state index in [-0.39, 0.29) is 6.54 Å². The second-order valence-electron chi connectivity index (χ2n) is 3.06. The molecule has 1 rings (SSSR count). The van der Waals surface area contributed by atoms with Crippen LogP contribution in [0, 0.1) is 0 Å². The number of nitrogens with zero attached hydrogens (tertiary/aromatic N) is 2. The van der Waals surface area contributed by atoms with E-state index in [1.165, 1.54) is 12.2 Å². The van der Waals surface area contributed by atoms with Crippen molar-refractivity contribution in [3.8, 4) is 0 Å². The first-order valence-corrected chi connectivity index (χ1v) is 4.66. The molecule has 0 aromatic heterocycles. The monoisotopic (exact) mass is 214 g/mol. The van der Waals surface area contributed by atoms with E-state index in [0.717, 1.165) is 11.1 Å². The molecule has 0 unspecified atom stereocenters. The van der Waals surface area contributed by atoms with Crippen LogP contribution in [-0.2, 0) is 22.6 Å². The van der Waals surface area contributed by atoms with Gasteiger partial charge in [-0.1, -0.05) is 12.1 Å². The Labute approximate surface area is 93.0 Å². The molecular weight excluding hydrogens is 204 g/mol. The van der Waals surface area contributed by atoms with Gasteiger partial charge in [0.05, 0.1) is 12.2 Å². The number of rotatable bonds is 5. The Bertz CT molecular complexity index is 482. The van der Waals surface area contributed by atoms with E-state index in [4.69, 9.17) is 0 Å². The molecule has 0 atom stereocenters. The molecule has 16 heavy (non-hydrogen) atoms. The molecule has 0 radical (unpaired) electrons. The highest BCUT2D eigenvalue weighted by molar-refractivity contribution is 5.52. The molecule has 0 N–H and O–H groups in total. The molecule has 0 aliphatic rings. The summed E-state index contributed by atoms with van der Waals surface area (Å²) in [5.74, 6) is 0. The fourth-order valence-electron chi connectivity index (χ4n) is 1.35. The van der Waals surface area contributed by atoms with Gasteiger partial charge in [0.25, 0.3) is 0 Å². The number of benzene rings is 1. The normalized spacial score (nSPS) is 8.75. The van der Waals surface area contributed by atoms with Crippen molar-refractivity contribution in [1.29, 1.82) is 0 Å². The summed E-state index contributed by atoms with van der Waals surface area (Å²) < 4.78 is 0. The van der Waals surface area contributed by atoms with Gasteiger partial charge in [0.15, 0.2) is 0 Å². The van der Waals surface area contributed by atoms with Gasteiger partial charge in [-0.25, -0.2) is 14.6 Å². The minimum Gasteiger partial charge on any atom is -0.211 e. The highest BCUT2D eigenvalue weighted by Crippen LogP contribution is 2.19. The molecule has 0 aliphatic carbocycles. The summed E-state index contributed by atoms with van der Waals surface area (Å²) in [6, 6.07) is 5.23. The maximum atomic E-state index is 10.1. The van der Waals surface area contributed by atoms with Crippen LogP contribution in [0.15, 0.2) is 40.8 Å². The van der Waals surface area contributed by atoms with Crippen molar-refractivity contribution in [2.45, 2.75) is 13.0 Å². The van der Waals surface area contributed by atoms with Crippen LogP contribution in [0.25, 0.3) is 0 Å². The van der Waals surface area contributed by atoms with Gasteiger partial charge in [0, 0.05) is 0 Å². The van der Waals surface area contributed by atoms with Gasteiger partial charge < -0.3 is 0 Å². The number of isocyanates is 2. The van der Waals surface area contributed by atoms with E-state index >= 15 is 0 Å². The van der Waals surface area contributed by atoms with E-state index in [1.807, 2.05) is 6.07 Å². The second-order valence-corrected chi connectivity index (χ2v) is 3.06. The van der Waals surface area contributed by atoms with Gasteiger partial charge >= 0.3 is 0 Å². The Morgan fingerprint density at radius 3 is 2.69 bits per heavy atom. The van der Waals surface area contributed by atoms with Crippen molar-refractivity contribution >= 4 is 17.8 Å². The number of aliphatic imine (C=N–C) groups is 2. The van der Waals surface area contributed by atoms with Crippen molar-refractivity contribution in [3.63, 3.8) is 0 Å². The molecule has 0 fully saturated rings. The van der Waals surface area contributed by atoms with Crippen molar-refractivity contribution in [3.05, 3.63) is 42.0 Å². The number of hydrogen-bond acceptors (Lipinski definition) is 4. The lowest BCUT2D eigenvalue weighted by Crippen LogP contribution is -1.91. The summed E-state index contributed by atoms with van der Waals surface area (Å²) in [4.78, 5) is 27.2. The number of hydrogen-bond donors (Lipinski definition) is 0. The zero-order chi connectivity index (χ0) is 11.8. The molecule has 0 saturated heterocycles. The van der Waals surface area contributed by atoms with Gasteiger partial charge in [0.2, 0.25) is 12.2 Å². The van der Waals surface area contributed by atoms with Crippen LogP contribution >= 0.6 is 0 Å². The lowest BCUT2D eigenvalue weighted by atomic mass is 10.0. The van der Waals surface area contributed by atoms with Crippen LogP contribution in [0.4, 0.5) is 5.69 Å². The maximum absolute atomic E-state index is 10.1. The topological polar surface area (TPSA) is 58.9 Å². The predicted molar refractivity (Wildman–Crippen MR) is 60.0 cm³/mol. The van der Waals surface area contributed by atoms with Crippen molar-refractivity contribution in [2.75, 3.05) is 0 Å². The molecule has 1 aromatic carbocycles. The molecule has 0 heterocycles. The van der Waals surface area contributed by atoms with Crippen LogP contribution in [0.2, 0.25) is 0 Å². The third-order valence-corrected chi connectivity index (χ3v) is 2.04. The van der Waals surface area contributed by atoms with Crippen molar-refractivity contribution in [1.82, 2.24) is 0 Å². The SMILES string of the molecule is C=CCc1ccc(N=C=O)cc1CN=C=O. The Balaban J connectivity index is 3.13. The first-order chi connectivity index (χ1) is 7.81. The summed E-state index contributed by atoms with van der Waals surface area (Å²) in [5.41, 5.74) is 2.33. The summed E-state index contributed by atoms with van der Waals surface area (Å²) in [5, 5.41) is 0. The molecule has 1 aromatic rings. The Hall–Kier alpha value is -2.28. The van der Waals surface area contributed by atoms with E-state index in [2.05, 4.69) is 16.6 Å². The molecule has 0 bridgehead atoms. The second kappa shape index (κ2) is 6.25. The third-order valence-electron chi connectivity index (χ3n) is 2.04. The smallest absolute Gasteiger partial charge is 0.211 e. The van der Waals surface area contributed by atoms with Crippen LogP contribution in [-0.4, -0.2) is 12.2 Å². The molecule has 80 valence electrons. The summed E-state index contributed by atoms with van der Waals surface area (Å²) in [6.07, 6.45) is 5.38. The third kappa shape index (κ3) is 3.14. The van der Waals surface area contributed by atoms with Crippen LogP contribution in [0.5, 0.6) is 0 Å².